The molecule has 0 bridgehead atoms. The summed E-state index contributed by atoms with van der Waals surface area (Å²) in [7, 11) is -3.83. The maximum atomic E-state index is 13.2. The monoisotopic (exact) mass is 438 g/mol. The lowest BCUT2D eigenvalue weighted by molar-refractivity contribution is -0.0857. The van der Waals surface area contributed by atoms with Gasteiger partial charge in [-0.15, -0.1) is 0 Å². The molecule has 1 spiro atoms. The van der Waals surface area contributed by atoms with Crippen LogP contribution in [0.15, 0.2) is 53.4 Å². The fraction of sp³-hybridized carbons (Fsp3) is 0.350. The lowest BCUT2D eigenvalue weighted by Crippen LogP contribution is -2.55. The molecule has 2 aliphatic heterocycles. The maximum Gasteiger partial charge on any atom is 0.253 e. The van der Waals surface area contributed by atoms with Crippen molar-refractivity contribution in [1.82, 2.24) is 9.21 Å². The normalized spacial score (nSPS) is 19.6. The highest BCUT2D eigenvalue weighted by molar-refractivity contribution is 7.89. The molecule has 6 nitrogen and oxygen atoms in total. The van der Waals surface area contributed by atoms with E-state index in [4.69, 9.17) is 16.3 Å². The number of hydrogen-bond acceptors (Lipinski definition) is 4. The first kappa shape index (κ1) is 20.3. The van der Waals surface area contributed by atoms with Gasteiger partial charge >= 0.3 is 0 Å². The summed E-state index contributed by atoms with van der Waals surface area (Å²) in [6, 6.07) is 11.5. The van der Waals surface area contributed by atoms with Crippen molar-refractivity contribution >= 4 is 27.5 Å². The number of carbonyl (C=O) groups excluding carboxylic acids is 1. The Labute approximate surface area is 173 Å². The van der Waals surface area contributed by atoms with Crippen LogP contribution < -0.4 is 0 Å². The SMILES string of the molecule is O=C(c1ccc(Cl)cc1)N1CCC2(CC1)OCCN2S(=O)(=O)c1ccc(F)cc1. The zero-order valence-corrected chi connectivity index (χ0v) is 17.1. The molecule has 0 saturated carbocycles. The summed E-state index contributed by atoms with van der Waals surface area (Å²) in [5.41, 5.74) is -0.447. The Bertz CT molecular complexity index is 1000. The van der Waals surface area contributed by atoms with E-state index in [0.717, 1.165) is 12.1 Å². The van der Waals surface area contributed by atoms with Crippen LogP contribution in [-0.2, 0) is 14.8 Å². The Balaban J connectivity index is 1.51. The maximum absolute atomic E-state index is 13.2. The van der Waals surface area contributed by atoms with Gasteiger partial charge in [0.25, 0.3) is 5.91 Å². The smallest absolute Gasteiger partial charge is 0.253 e. The first-order valence-corrected chi connectivity index (χ1v) is 11.1. The summed E-state index contributed by atoms with van der Waals surface area (Å²) in [5.74, 6) is -0.618. The number of ether oxygens (including phenoxy) is 1. The molecule has 0 radical (unpaired) electrons. The predicted octanol–water partition coefficient (Wildman–Crippen LogP) is 3.13. The molecular formula is C20H20ClFN2O4S. The average Bonchev–Trinajstić information content (AvgIpc) is 3.13. The van der Waals surface area contributed by atoms with Crippen LogP contribution in [0.5, 0.6) is 0 Å². The minimum atomic E-state index is -3.83. The summed E-state index contributed by atoms with van der Waals surface area (Å²) in [4.78, 5) is 14.4. The van der Waals surface area contributed by atoms with Gasteiger partial charge in [-0.3, -0.25) is 4.79 Å². The zero-order valence-electron chi connectivity index (χ0n) is 15.6. The molecule has 154 valence electrons. The molecule has 2 aliphatic rings. The van der Waals surface area contributed by atoms with Crippen LogP contribution in [0.3, 0.4) is 0 Å². The van der Waals surface area contributed by atoms with E-state index in [1.54, 1.807) is 29.2 Å². The molecule has 2 fully saturated rings. The van der Waals surface area contributed by atoms with Gasteiger partial charge in [0.2, 0.25) is 10.0 Å². The van der Waals surface area contributed by atoms with E-state index in [-0.39, 0.29) is 24.0 Å². The summed E-state index contributed by atoms with van der Waals surface area (Å²) >= 11 is 5.88. The van der Waals surface area contributed by atoms with Crippen LogP contribution in [-0.4, -0.2) is 55.5 Å². The minimum Gasteiger partial charge on any atom is -0.358 e. The number of carbonyl (C=O) groups is 1. The Kier molecular flexibility index (Phi) is 5.37. The Hall–Kier alpha value is -2.00. The second-order valence-electron chi connectivity index (χ2n) is 7.12. The van der Waals surface area contributed by atoms with Gasteiger partial charge in [-0.2, -0.15) is 4.31 Å². The van der Waals surface area contributed by atoms with Crippen LogP contribution in [0.2, 0.25) is 5.02 Å². The first-order valence-electron chi connectivity index (χ1n) is 9.29. The highest BCUT2D eigenvalue weighted by Crippen LogP contribution is 2.38. The third-order valence-electron chi connectivity index (χ3n) is 5.44. The Morgan fingerprint density at radius 2 is 1.62 bits per heavy atom. The summed E-state index contributed by atoms with van der Waals surface area (Å²) in [5, 5.41) is 0.556. The molecule has 1 amide bonds. The zero-order chi connectivity index (χ0) is 20.6. The van der Waals surface area contributed by atoms with Gasteiger partial charge in [-0.25, -0.2) is 12.8 Å². The molecule has 29 heavy (non-hydrogen) atoms. The van der Waals surface area contributed by atoms with E-state index < -0.39 is 21.6 Å². The average molecular weight is 439 g/mol. The fourth-order valence-electron chi connectivity index (χ4n) is 3.90. The fourth-order valence-corrected chi connectivity index (χ4v) is 5.74. The van der Waals surface area contributed by atoms with Crippen LogP contribution in [0.4, 0.5) is 4.39 Å². The van der Waals surface area contributed by atoms with Crippen molar-refractivity contribution in [1.29, 1.82) is 0 Å². The lowest BCUT2D eigenvalue weighted by atomic mass is 10.00. The third-order valence-corrected chi connectivity index (χ3v) is 7.66. The molecule has 0 aromatic heterocycles. The molecular weight excluding hydrogens is 419 g/mol. The molecule has 2 heterocycles. The molecule has 0 aliphatic carbocycles. The second-order valence-corrected chi connectivity index (χ2v) is 9.42. The van der Waals surface area contributed by atoms with Gasteiger partial charge in [-0.05, 0) is 48.5 Å². The molecule has 2 saturated heterocycles. The number of likely N-dealkylation sites (tertiary alicyclic amines) is 1. The van der Waals surface area contributed by atoms with Gasteiger partial charge in [0.1, 0.15) is 11.5 Å². The van der Waals surface area contributed by atoms with E-state index in [0.29, 0.717) is 36.5 Å². The van der Waals surface area contributed by atoms with Crippen molar-refractivity contribution in [3.8, 4) is 0 Å². The number of nitrogens with zero attached hydrogens (tertiary/aromatic N) is 2. The number of rotatable bonds is 3. The van der Waals surface area contributed by atoms with Crippen molar-refractivity contribution in [2.24, 2.45) is 0 Å². The topological polar surface area (TPSA) is 66.9 Å². The van der Waals surface area contributed by atoms with E-state index in [9.17, 15) is 17.6 Å². The van der Waals surface area contributed by atoms with Crippen molar-refractivity contribution in [2.75, 3.05) is 26.2 Å². The number of piperidine rings is 1. The van der Waals surface area contributed by atoms with E-state index in [2.05, 4.69) is 0 Å². The predicted molar refractivity (Wildman–Crippen MR) is 106 cm³/mol. The summed E-state index contributed by atoms with van der Waals surface area (Å²) < 4.78 is 46.7. The molecule has 0 atom stereocenters. The first-order chi connectivity index (χ1) is 13.8. The Morgan fingerprint density at radius 1 is 1.00 bits per heavy atom. The molecule has 0 N–H and O–H groups in total. The summed E-state index contributed by atoms with van der Waals surface area (Å²) in [6.45, 7) is 1.25. The van der Waals surface area contributed by atoms with Crippen molar-refractivity contribution in [2.45, 2.75) is 23.5 Å². The van der Waals surface area contributed by atoms with E-state index in [1.807, 2.05) is 0 Å². The number of halogens is 2. The standard InChI is InChI=1S/C20H20ClFN2O4S/c21-16-3-1-15(2-4-16)19(25)23-11-9-20(10-12-23)24(13-14-28-20)29(26,27)18-7-5-17(22)6-8-18/h1-8H,9-14H2. The molecule has 2 aromatic carbocycles. The van der Waals surface area contributed by atoms with E-state index >= 15 is 0 Å². The van der Waals surface area contributed by atoms with Gasteiger partial charge in [0.05, 0.1) is 11.5 Å². The van der Waals surface area contributed by atoms with Crippen molar-refractivity contribution in [3.05, 3.63) is 64.9 Å². The van der Waals surface area contributed by atoms with Gasteiger partial charge in [0.15, 0.2) is 0 Å². The quantitative estimate of drug-likeness (QED) is 0.738. The summed E-state index contributed by atoms with van der Waals surface area (Å²) in [6.07, 6.45) is 0.736. The highest BCUT2D eigenvalue weighted by atomic mass is 35.5. The van der Waals surface area contributed by atoms with Gasteiger partial charge < -0.3 is 9.64 Å². The van der Waals surface area contributed by atoms with Crippen LogP contribution in [0.25, 0.3) is 0 Å². The molecule has 2 aromatic rings. The van der Waals surface area contributed by atoms with Crippen molar-refractivity contribution in [3.63, 3.8) is 0 Å². The number of amides is 1. The van der Waals surface area contributed by atoms with Crippen LogP contribution >= 0.6 is 11.6 Å². The molecule has 9 heteroatoms. The second kappa shape index (κ2) is 7.68. The highest BCUT2D eigenvalue weighted by Gasteiger charge is 2.51. The molecule has 0 unspecified atom stereocenters. The minimum absolute atomic E-state index is 0.0310. The van der Waals surface area contributed by atoms with Gasteiger partial charge in [-0.1, -0.05) is 11.6 Å². The van der Waals surface area contributed by atoms with Crippen LogP contribution in [0, 0.1) is 5.82 Å². The van der Waals surface area contributed by atoms with E-state index in [1.165, 1.54) is 16.4 Å². The van der Waals surface area contributed by atoms with Crippen molar-refractivity contribution < 1.29 is 22.3 Å². The van der Waals surface area contributed by atoms with Gasteiger partial charge in [0, 0.05) is 43.1 Å². The number of benzene rings is 2. The Morgan fingerprint density at radius 3 is 2.24 bits per heavy atom. The molecule has 4 rings (SSSR count). The number of sulfonamides is 1. The number of hydrogen-bond donors (Lipinski definition) is 0. The van der Waals surface area contributed by atoms with Crippen LogP contribution in [0.1, 0.15) is 23.2 Å². The largest absolute Gasteiger partial charge is 0.358 e. The lowest BCUT2D eigenvalue weighted by Gasteiger charge is -2.42. The third kappa shape index (κ3) is 3.77.